The van der Waals surface area contributed by atoms with E-state index in [0.717, 1.165) is 12.5 Å². The molecule has 2 nitrogen and oxygen atoms in total. The van der Waals surface area contributed by atoms with Gasteiger partial charge in [-0.3, -0.25) is 4.90 Å². The number of nitrogens with two attached hydrogens (primary N) is 1. The van der Waals surface area contributed by atoms with Crippen LogP contribution in [0.1, 0.15) is 13.3 Å². The molecule has 1 saturated heterocycles. The first kappa shape index (κ1) is 8.75. The molecule has 1 aliphatic rings. The minimum atomic E-state index is 0.670. The topological polar surface area (TPSA) is 29.3 Å². The van der Waals surface area contributed by atoms with Gasteiger partial charge < -0.3 is 5.73 Å². The van der Waals surface area contributed by atoms with Crippen LogP contribution in [-0.2, 0) is 0 Å². The van der Waals surface area contributed by atoms with Gasteiger partial charge in [-0.2, -0.15) is 0 Å². The van der Waals surface area contributed by atoms with Crippen LogP contribution in [-0.4, -0.2) is 31.1 Å². The maximum absolute atomic E-state index is 5.34. The molecule has 1 rings (SSSR count). The number of likely N-dealkylation sites (tertiary alicyclic amines) is 1. The number of nitrogens with zero attached hydrogens (tertiary/aromatic N) is 1. The molecule has 1 unspecified atom stereocenters. The van der Waals surface area contributed by atoms with Gasteiger partial charge in [-0.15, -0.1) is 0 Å². The summed E-state index contributed by atoms with van der Waals surface area (Å²) in [6.45, 7) is 6.59. The normalized spacial score (nSPS) is 26.9. The summed E-state index contributed by atoms with van der Waals surface area (Å²) in [6, 6.07) is 0. The van der Waals surface area contributed by atoms with Gasteiger partial charge in [0.15, 0.2) is 0 Å². The Morgan fingerprint density at radius 1 is 1.55 bits per heavy atom. The Bertz CT molecular complexity index is 132. The van der Waals surface area contributed by atoms with E-state index in [1.807, 2.05) is 6.08 Å². The zero-order valence-electron chi connectivity index (χ0n) is 7.29. The molecule has 1 heterocycles. The third kappa shape index (κ3) is 3.04. The summed E-state index contributed by atoms with van der Waals surface area (Å²) in [4.78, 5) is 2.47. The summed E-state index contributed by atoms with van der Waals surface area (Å²) < 4.78 is 0. The molecule has 1 aliphatic heterocycles. The molecule has 0 aromatic rings. The van der Waals surface area contributed by atoms with Crippen LogP contribution in [0.25, 0.3) is 0 Å². The van der Waals surface area contributed by atoms with E-state index in [1.165, 1.54) is 19.5 Å². The average Bonchev–Trinajstić information content (AvgIpc) is 2.37. The third-order valence-electron chi connectivity index (χ3n) is 2.17. The molecular weight excluding hydrogens is 136 g/mol. The summed E-state index contributed by atoms with van der Waals surface area (Å²) in [7, 11) is 0. The zero-order chi connectivity index (χ0) is 8.10. The highest BCUT2D eigenvalue weighted by Crippen LogP contribution is 2.13. The maximum atomic E-state index is 5.34. The molecule has 2 N–H and O–H groups in total. The third-order valence-corrected chi connectivity index (χ3v) is 2.17. The maximum Gasteiger partial charge on any atom is 0.0163 e. The Kier molecular flexibility index (Phi) is 3.60. The van der Waals surface area contributed by atoms with Crippen molar-refractivity contribution in [2.75, 3.05) is 26.2 Å². The second-order valence-electron chi connectivity index (χ2n) is 3.36. The number of rotatable bonds is 3. The standard InChI is InChI=1S/C9H18N2/c1-9-4-7-11(8-9)6-3-2-5-10/h2-3,9H,4-8,10H2,1H3/b3-2+. The van der Waals surface area contributed by atoms with Gasteiger partial charge in [0, 0.05) is 19.6 Å². The van der Waals surface area contributed by atoms with Gasteiger partial charge in [0.1, 0.15) is 0 Å². The van der Waals surface area contributed by atoms with Crippen LogP contribution < -0.4 is 5.73 Å². The molecule has 0 saturated carbocycles. The van der Waals surface area contributed by atoms with Crippen molar-refractivity contribution < 1.29 is 0 Å². The van der Waals surface area contributed by atoms with Crippen LogP contribution >= 0.6 is 0 Å². The van der Waals surface area contributed by atoms with Crippen molar-refractivity contribution in [3.8, 4) is 0 Å². The largest absolute Gasteiger partial charge is 0.327 e. The van der Waals surface area contributed by atoms with Crippen LogP contribution in [0.2, 0.25) is 0 Å². The fraction of sp³-hybridized carbons (Fsp3) is 0.778. The lowest BCUT2D eigenvalue weighted by atomic mass is 10.2. The van der Waals surface area contributed by atoms with Crippen molar-refractivity contribution in [1.82, 2.24) is 4.90 Å². The van der Waals surface area contributed by atoms with Crippen molar-refractivity contribution >= 4 is 0 Å². The monoisotopic (exact) mass is 154 g/mol. The summed E-state index contributed by atoms with van der Waals surface area (Å²) in [5, 5.41) is 0. The van der Waals surface area contributed by atoms with Crippen molar-refractivity contribution in [2.45, 2.75) is 13.3 Å². The molecule has 1 fully saturated rings. The lowest BCUT2D eigenvalue weighted by molar-refractivity contribution is 0.363. The van der Waals surface area contributed by atoms with Gasteiger partial charge in [0.25, 0.3) is 0 Å². The molecule has 0 spiro atoms. The number of hydrogen-bond donors (Lipinski definition) is 1. The fourth-order valence-corrected chi connectivity index (χ4v) is 1.51. The second kappa shape index (κ2) is 4.52. The van der Waals surface area contributed by atoms with Crippen LogP contribution in [0.15, 0.2) is 12.2 Å². The SMILES string of the molecule is CC1CCN(C/C=C/CN)C1. The van der Waals surface area contributed by atoms with E-state index in [1.54, 1.807) is 0 Å². The van der Waals surface area contributed by atoms with Crippen LogP contribution in [0.5, 0.6) is 0 Å². The number of hydrogen-bond acceptors (Lipinski definition) is 2. The van der Waals surface area contributed by atoms with Crippen LogP contribution in [0, 0.1) is 5.92 Å². The van der Waals surface area contributed by atoms with Crippen molar-refractivity contribution in [3.05, 3.63) is 12.2 Å². The summed E-state index contributed by atoms with van der Waals surface area (Å²) in [5.74, 6) is 0.890. The lowest BCUT2D eigenvalue weighted by Gasteiger charge is -2.11. The highest BCUT2D eigenvalue weighted by molar-refractivity contribution is 4.87. The van der Waals surface area contributed by atoms with Gasteiger partial charge in [0.05, 0.1) is 0 Å². The van der Waals surface area contributed by atoms with Gasteiger partial charge >= 0.3 is 0 Å². The molecule has 0 amide bonds. The molecule has 11 heavy (non-hydrogen) atoms. The van der Waals surface area contributed by atoms with Crippen LogP contribution in [0.4, 0.5) is 0 Å². The first-order valence-corrected chi connectivity index (χ1v) is 4.40. The summed E-state index contributed by atoms with van der Waals surface area (Å²) >= 11 is 0. The minimum Gasteiger partial charge on any atom is -0.327 e. The van der Waals surface area contributed by atoms with E-state index in [2.05, 4.69) is 17.9 Å². The Hall–Kier alpha value is -0.340. The molecule has 0 bridgehead atoms. The highest BCUT2D eigenvalue weighted by atomic mass is 15.1. The Balaban J connectivity index is 2.13. The van der Waals surface area contributed by atoms with Gasteiger partial charge in [0.2, 0.25) is 0 Å². The molecule has 1 atom stereocenters. The lowest BCUT2D eigenvalue weighted by Crippen LogP contribution is -2.20. The Morgan fingerprint density at radius 2 is 2.36 bits per heavy atom. The first-order valence-electron chi connectivity index (χ1n) is 4.40. The molecule has 0 aliphatic carbocycles. The van der Waals surface area contributed by atoms with Crippen molar-refractivity contribution in [1.29, 1.82) is 0 Å². The average molecular weight is 154 g/mol. The van der Waals surface area contributed by atoms with E-state index >= 15 is 0 Å². The summed E-state index contributed by atoms with van der Waals surface area (Å²) in [6.07, 6.45) is 5.55. The minimum absolute atomic E-state index is 0.670. The van der Waals surface area contributed by atoms with E-state index in [-0.39, 0.29) is 0 Å². The predicted octanol–water partition coefficient (Wildman–Crippen LogP) is 0.843. The fourth-order valence-electron chi connectivity index (χ4n) is 1.51. The quantitative estimate of drug-likeness (QED) is 0.610. The Labute approximate surface area is 69.1 Å². The molecule has 0 radical (unpaired) electrons. The molecule has 64 valence electrons. The van der Waals surface area contributed by atoms with Gasteiger partial charge in [-0.05, 0) is 18.9 Å². The summed E-state index contributed by atoms with van der Waals surface area (Å²) in [5.41, 5.74) is 5.34. The molecule has 0 aromatic carbocycles. The predicted molar refractivity (Wildman–Crippen MR) is 48.4 cm³/mol. The zero-order valence-corrected chi connectivity index (χ0v) is 7.29. The van der Waals surface area contributed by atoms with E-state index in [0.29, 0.717) is 6.54 Å². The molecule has 0 aromatic heterocycles. The van der Waals surface area contributed by atoms with Crippen molar-refractivity contribution in [3.63, 3.8) is 0 Å². The Morgan fingerprint density at radius 3 is 2.91 bits per heavy atom. The van der Waals surface area contributed by atoms with Crippen LogP contribution in [0.3, 0.4) is 0 Å². The van der Waals surface area contributed by atoms with E-state index in [4.69, 9.17) is 5.73 Å². The van der Waals surface area contributed by atoms with Gasteiger partial charge in [-0.1, -0.05) is 19.1 Å². The second-order valence-corrected chi connectivity index (χ2v) is 3.36. The van der Waals surface area contributed by atoms with E-state index < -0.39 is 0 Å². The van der Waals surface area contributed by atoms with Gasteiger partial charge in [-0.25, -0.2) is 0 Å². The smallest absolute Gasteiger partial charge is 0.0163 e. The molecule has 2 heteroatoms. The first-order chi connectivity index (χ1) is 5.33. The molecular formula is C9H18N2. The highest BCUT2D eigenvalue weighted by Gasteiger charge is 2.16. The van der Waals surface area contributed by atoms with Crippen molar-refractivity contribution in [2.24, 2.45) is 11.7 Å². The van der Waals surface area contributed by atoms with E-state index in [9.17, 15) is 0 Å².